The molecule has 0 aliphatic heterocycles. The molecule has 0 saturated heterocycles. The van der Waals surface area contributed by atoms with Crippen LogP contribution in [0.4, 0.5) is 0 Å². The van der Waals surface area contributed by atoms with Gasteiger partial charge in [0.05, 0.1) is 6.61 Å². The third-order valence-corrected chi connectivity index (χ3v) is 2.64. The molecule has 0 spiro atoms. The van der Waals surface area contributed by atoms with E-state index in [1.807, 2.05) is 0 Å². The summed E-state index contributed by atoms with van der Waals surface area (Å²) in [5, 5.41) is 9.25. The van der Waals surface area contributed by atoms with Crippen molar-refractivity contribution in [2.75, 3.05) is 13.2 Å². The van der Waals surface area contributed by atoms with Gasteiger partial charge in [-0.2, -0.15) is 11.8 Å². The number of hydrogen-bond acceptors (Lipinski definition) is 3. The summed E-state index contributed by atoms with van der Waals surface area (Å²) < 4.78 is 0.225. The van der Waals surface area contributed by atoms with Crippen LogP contribution in [-0.4, -0.2) is 28.3 Å². The van der Waals surface area contributed by atoms with Crippen molar-refractivity contribution in [3.63, 3.8) is 0 Å². The second kappa shape index (κ2) is 5.01. The summed E-state index contributed by atoms with van der Waals surface area (Å²) in [6, 6.07) is 0. The summed E-state index contributed by atoms with van der Waals surface area (Å²) in [4.78, 5) is 0. The van der Waals surface area contributed by atoms with Crippen molar-refractivity contribution in [2.24, 2.45) is 5.73 Å². The molecule has 0 aromatic heterocycles. The molecule has 0 saturated carbocycles. The SMILES string of the molecule is CC(C)(C)S[C@H](CO)CCN. The summed E-state index contributed by atoms with van der Waals surface area (Å²) in [6.45, 7) is 7.35. The fourth-order valence-electron chi connectivity index (χ4n) is 0.873. The molecule has 3 N–H and O–H groups in total. The molecule has 0 aliphatic carbocycles. The number of aliphatic hydroxyl groups excluding tert-OH is 1. The number of nitrogens with two attached hydrogens (primary N) is 1. The fraction of sp³-hybridized carbons (Fsp3) is 1.00. The first-order valence-corrected chi connectivity index (χ1v) is 4.86. The Bertz CT molecular complexity index is 101. The molecule has 1 atom stereocenters. The molecule has 0 aromatic carbocycles. The third kappa shape index (κ3) is 6.66. The van der Waals surface area contributed by atoms with Crippen molar-refractivity contribution in [1.82, 2.24) is 0 Å². The van der Waals surface area contributed by atoms with Crippen LogP contribution in [0.15, 0.2) is 0 Å². The van der Waals surface area contributed by atoms with Gasteiger partial charge in [0.15, 0.2) is 0 Å². The van der Waals surface area contributed by atoms with Gasteiger partial charge < -0.3 is 10.8 Å². The number of thioether (sulfide) groups is 1. The zero-order chi connectivity index (χ0) is 8.91. The summed E-state index contributed by atoms with van der Waals surface area (Å²) in [6.07, 6.45) is 0.901. The van der Waals surface area contributed by atoms with Gasteiger partial charge in [-0.3, -0.25) is 0 Å². The van der Waals surface area contributed by atoms with E-state index in [2.05, 4.69) is 20.8 Å². The van der Waals surface area contributed by atoms with E-state index in [0.29, 0.717) is 11.8 Å². The van der Waals surface area contributed by atoms with Crippen molar-refractivity contribution in [2.45, 2.75) is 37.2 Å². The number of rotatable bonds is 4. The molecule has 11 heavy (non-hydrogen) atoms. The molecule has 0 bridgehead atoms. The lowest BCUT2D eigenvalue weighted by molar-refractivity contribution is 0.290. The second-order valence-electron chi connectivity index (χ2n) is 3.61. The Hall–Kier alpha value is 0.270. The molecule has 0 amide bonds. The number of aliphatic hydroxyl groups is 1. The van der Waals surface area contributed by atoms with E-state index in [-0.39, 0.29) is 11.4 Å². The largest absolute Gasteiger partial charge is 0.395 e. The van der Waals surface area contributed by atoms with Crippen molar-refractivity contribution in [1.29, 1.82) is 0 Å². The minimum atomic E-state index is 0.225. The number of hydrogen-bond donors (Lipinski definition) is 2. The van der Waals surface area contributed by atoms with E-state index in [1.165, 1.54) is 0 Å². The summed E-state index contributed by atoms with van der Waals surface area (Å²) in [7, 11) is 0. The van der Waals surface area contributed by atoms with Crippen LogP contribution in [0, 0.1) is 0 Å². The average Bonchev–Trinajstić information content (AvgIpc) is 1.84. The standard InChI is InChI=1S/C8H19NOS/c1-8(2,3)11-7(6-10)4-5-9/h7,10H,4-6,9H2,1-3H3/t7-/m0/s1. The minimum Gasteiger partial charge on any atom is -0.395 e. The van der Waals surface area contributed by atoms with Crippen molar-refractivity contribution < 1.29 is 5.11 Å². The van der Waals surface area contributed by atoms with Crippen LogP contribution >= 0.6 is 11.8 Å². The van der Waals surface area contributed by atoms with Gasteiger partial charge in [0.25, 0.3) is 0 Å². The van der Waals surface area contributed by atoms with Crippen LogP contribution in [0.3, 0.4) is 0 Å². The smallest absolute Gasteiger partial charge is 0.0550 e. The molecule has 0 aliphatic rings. The fourth-order valence-corrected chi connectivity index (χ4v) is 2.20. The highest BCUT2D eigenvalue weighted by molar-refractivity contribution is 8.01. The first-order valence-electron chi connectivity index (χ1n) is 3.98. The van der Waals surface area contributed by atoms with Crippen LogP contribution in [0.1, 0.15) is 27.2 Å². The minimum absolute atomic E-state index is 0.225. The van der Waals surface area contributed by atoms with Gasteiger partial charge in [-0.25, -0.2) is 0 Å². The highest BCUT2D eigenvalue weighted by Gasteiger charge is 2.17. The Morgan fingerprint density at radius 2 is 2.00 bits per heavy atom. The van der Waals surface area contributed by atoms with Gasteiger partial charge in [0, 0.05) is 10.00 Å². The Labute approximate surface area is 73.6 Å². The molecule has 0 unspecified atom stereocenters. The van der Waals surface area contributed by atoms with Gasteiger partial charge in [-0.1, -0.05) is 20.8 Å². The van der Waals surface area contributed by atoms with Crippen molar-refractivity contribution in [3.05, 3.63) is 0 Å². The highest BCUT2D eigenvalue weighted by Crippen LogP contribution is 2.29. The molecule has 0 aromatic rings. The van der Waals surface area contributed by atoms with E-state index in [1.54, 1.807) is 11.8 Å². The lowest BCUT2D eigenvalue weighted by Gasteiger charge is -2.23. The summed E-state index contributed by atoms with van der Waals surface area (Å²) in [5.41, 5.74) is 5.40. The van der Waals surface area contributed by atoms with E-state index in [4.69, 9.17) is 10.8 Å². The molecule has 68 valence electrons. The maximum Gasteiger partial charge on any atom is 0.0550 e. The van der Waals surface area contributed by atoms with Gasteiger partial charge in [0.1, 0.15) is 0 Å². The van der Waals surface area contributed by atoms with Crippen LogP contribution < -0.4 is 5.73 Å². The topological polar surface area (TPSA) is 46.2 Å². The maximum absolute atomic E-state index is 8.94. The molecule has 0 heterocycles. The molecule has 3 heteroatoms. The average molecular weight is 177 g/mol. The van der Waals surface area contributed by atoms with Crippen molar-refractivity contribution in [3.8, 4) is 0 Å². The van der Waals surface area contributed by atoms with E-state index < -0.39 is 0 Å². The van der Waals surface area contributed by atoms with Crippen LogP contribution in [0.25, 0.3) is 0 Å². The molecule has 0 fully saturated rings. The first kappa shape index (κ1) is 11.3. The van der Waals surface area contributed by atoms with E-state index in [9.17, 15) is 0 Å². The first-order chi connectivity index (χ1) is 4.99. The maximum atomic E-state index is 8.94. The molecule has 0 radical (unpaired) electrons. The molecule has 2 nitrogen and oxygen atoms in total. The highest BCUT2D eigenvalue weighted by atomic mass is 32.2. The van der Waals surface area contributed by atoms with Crippen LogP contribution in [0.5, 0.6) is 0 Å². The van der Waals surface area contributed by atoms with E-state index in [0.717, 1.165) is 6.42 Å². The summed E-state index contributed by atoms with van der Waals surface area (Å²) in [5.74, 6) is 0. The summed E-state index contributed by atoms with van der Waals surface area (Å²) >= 11 is 1.80. The Morgan fingerprint density at radius 3 is 2.27 bits per heavy atom. The van der Waals surface area contributed by atoms with E-state index >= 15 is 0 Å². The third-order valence-electron chi connectivity index (χ3n) is 1.21. The quantitative estimate of drug-likeness (QED) is 0.679. The van der Waals surface area contributed by atoms with Gasteiger partial charge in [-0.15, -0.1) is 0 Å². The molecular formula is C8H19NOS. The Kier molecular flexibility index (Phi) is 5.13. The molecular weight excluding hydrogens is 158 g/mol. The monoisotopic (exact) mass is 177 g/mol. The zero-order valence-corrected chi connectivity index (χ0v) is 8.45. The lowest BCUT2D eigenvalue weighted by atomic mass is 10.3. The van der Waals surface area contributed by atoms with Gasteiger partial charge in [-0.05, 0) is 13.0 Å². The zero-order valence-electron chi connectivity index (χ0n) is 7.63. The predicted octanol–water partition coefficient (Wildman–Crippen LogP) is 1.23. The normalized spacial score (nSPS) is 15.0. The van der Waals surface area contributed by atoms with Gasteiger partial charge >= 0.3 is 0 Å². The second-order valence-corrected chi connectivity index (χ2v) is 5.74. The Morgan fingerprint density at radius 1 is 1.45 bits per heavy atom. The van der Waals surface area contributed by atoms with Crippen molar-refractivity contribution >= 4 is 11.8 Å². The van der Waals surface area contributed by atoms with Crippen LogP contribution in [0.2, 0.25) is 0 Å². The predicted molar refractivity (Wildman–Crippen MR) is 51.9 cm³/mol. The van der Waals surface area contributed by atoms with Crippen LogP contribution in [-0.2, 0) is 0 Å². The lowest BCUT2D eigenvalue weighted by Crippen LogP contribution is -2.21. The molecule has 0 rings (SSSR count). The van der Waals surface area contributed by atoms with Gasteiger partial charge in [0.2, 0.25) is 0 Å². The Balaban J connectivity index is 3.68.